The molecule has 0 aromatic carbocycles. The second kappa shape index (κ2) is 7.94. The van der Waals surface area contributed by atoms with Gasteiger partial charge in [0, 0.05) is 23.1 Å². The molecule has 6 heteroatoms. The first-order chi connectivity index (χ1) is 14.1. The molecule has 2 aliphatic carbocycles. The molecule has 1 saturated carbocycles. The van der Waals surface area contributed by atoms with Crippen molar-refractivity contribution < 1.29 is 19.2 Å². The van der Waals surface area contributed by atoms with Gasteiger partial charge in [0.15, 0.2) is 6.54 Å². The van der Waals surface area contributed by atoms with E-state index in [0.29, 0.717) is 46.5 Å². The van der Waals surface area contributed by atoms with Gasteiger partial charge in [-0.1, -0.05) is 27.7 Å². The zero-order valence-electron chi connectivity index (χ0n) is 19.2. The third kappa shape index (κ3) is 4.31. The number of ether oxygens (including phenoxy) is 1. The van der Waals surface area contributed by atoms with Crippen molar-refractivity contribution >= 4 is 28.2 Å². The van der Waals surface area contributed by atoms with Gasteiger partial charge in [0.05, 0.1) is 24.8 Å². The van der Waals surface area contributed by atoms with E-state index >= 15 is 0 Å². The number of esters is 1. The molecule has 30 heavy (non-hydrogen) atoms. The largest absolute Gasteiger partial charge is 0.462 e. The maximum atomic E-state index is 13.1. The summed E-state index contributed by atoms with van der Waals surface area (Å²) in [6.45, 7) is 13.1. The van der Waals surface area contributed by atoms with Crippen molar-refractivity contribution in [2.24, 2.45) is 16.7 Å². The van der Waals surface area contributed by atoms with Gasteiger partial charge < -0.3 is 15.0 Å². The number of amides is 1. The van der Waals surface area contributed by atoms with Gasteiger partial charge in [0.2, 0.25) is 0 Å². The Morgan fingerprint density at radius 2 is 2.03 bits per heavy atom. The highest BCUT2D eigenvalue weighted by Crippen LogP contribution is 2.47. The molecule has 3 aliphatic rings. The highest BCUT2D eigenvalue weighted by molar-refractivity contribution is 7.17. The molecule has 1 unspecified atom stereocenters. The Kier molecular flexibility index (Phi) is 5.77. The molecule has 2 bridgehead atoms. The normalized spacial score (nSPS) is 31.8. The summed E-state index contributed by atoms with van der Waals surface area (Å²) in [6, 6.07) is 0.561. The summed E-state index contributed by atoms with van der Waals surface area (Å²) >= 11 is 1.58. The van der Waals surface area contributed by atoms with Gasteiger partial charge in [-0.25, -0.2) is 4.79 Å². The smallest absolute Gasteiger partial charge is 0.341 e. The average molecular weight is 434 g/mol. The highest BCUT2D eigenvalue weighted by Gasteiger charge is 2.53. The molecule has 0 spiro atoms. The fraction of sp³-hybridized carbons (Fsp3) is 0.750. The summed E-state index contributed by atoms with van der Waals surface area (Å²) < 4.78 is 5.34. The molecule has 166 valence electrons. The lowest BCUT2D eigenvalue weighted by Crippen LogP contribution is -3.15. The Balaban J connectivity index is 1.50. The van der Waals surface area contributed by atoms with Gasteiger partial charge in [0.25, 0.3) is 5.91 Å². The van der Waals surface area contributed by atoms with Gasteiger partial charge in [0.1, 0.15) is 5.00 Å². The first-order valence-electron chi connectivity index (χ1n) is 11.6. The van der Waals surface area contributed by atoms with Crippen LogP contribution in [0.15, 0.2) is 0 Å². The molecular formula is C24H37N2O3S+. The van der Waals surface area contributed by atoms with E-state index in [1.54, 1.807) is 11.3 Å². The van der Waals surface area contributed by atoms with Gasteiger partial charge in [-0.3, -0.25) is 4.79 Å². The number of nitrogens with one attached hydrogen (secondary N) is 2. The van der Waals surface area contributed by atoms with Crippen molar-refractivity contribution in [2.45, 2.75) is 79.2 Å². The fourth-order valence-electron chi connectivity index (χ4n) is 6.59. The van der Waals surface area contributed by atoms with E-state index in [-0.39, 0.29) is 11.9 Å². The van der Waals surface area contributed by atoms with Crippen molar-refractivity contribution in [3.63, 3.8) is 0 Å². The summed E-state index contributed by atoms with van der Waals surface area (Å²) in [7, 11) is 0. The summed E-state index contributed by atoms with van der Waals surface area (Å²) in [4.78, 5) is 28.4. The van der Waals surface area contributed by atoms with E-state index in [4.69, 9.17) is 4.74 Å². The van der Waals surface area contributed by atoms with Crippen molar-refractivity contribution in [1.82, 2.24) is 0 Å². The number of likely N-dealkylation sites (tertiary alicyclic amines) is 1. The van der Waals surface area contributed by atoms with Gasteiger partial charge in [-0.05, 0) is 49.5 Å². The number of carbonyl (C=O) groups excluding carboxylic acids is 2. The van der Waals surface area contributed by atoms with E-state index in [1.807, 2.05) is 6.92 Å². The first-order valence-corrected chi connectivity index (χ1v) is 12.4. The Hall–Kier alpha value is -1.40. The lowest BCUT2D eigenvalue weighted by Gasteiger charge is -2.37. The van der Waals surface area contributed by atoms with E-state index < -0.39 is 0 Å². The number of anilines is 1. The number of carbonyl (C=O) groups is 2. The van der Waals surface area contributed by atoms with Crippen molar-refractivity contribution in [1.29, 1.82) is 0 Å². The number of fused-ring (bicyclic) bond motifs is 3. The van der Waals surface area contributed by atoms with Gasteiger partial charge in [-0.2, -0.15) is 0 Å². The van der Waals surface area contributed by atoms with Crippen LogP contribution in [0, 0.1) is 16.7 Å². The van der Waals surface area contributed by atoms with Crippen LogP contribution in [0.25, 0.3) is 0 Å². The summed E-state index contributed by atoms with van der Waals surface area (Å²) in [5.74, 6) is 0.349. The molecule has 1 amide bonds. The standard InChI is InChI=1S/C24H36N2O3S/c1-6-29-22(28)20-17-8-7-15(2)9-18(17)30-21(20)25-19(27)12-26-14-24(5)11-16(26)10-23(3,4)13-24/h15-16H,6-14H2,1-5H3,(H,25,27)/p+1/t15-,16+,24+/m1/s1. The predicted molar refractivity (Wildman–Crippen MR) is 120 cm³/mol. The monoisotopic (exact) mass is 433 g/mol. The van der Waals surface area contributed by atoms with E-state index in [2.05, 4.69) is 33.0 Å². The Labute approximate surface area is 184 Å². The second-order valence-corrected chi connectivity index (χ2v) is 12.2. The van der Waals surface area contributed by atoms with Crippen LogP contribution in [0.2, 0.25) is 0 Å². The van der Waals surface area contributed by atoms with Gasteiger partial charge in [-0.15, -0.1) is 11.3 Å². The molecule has 1 aromatic heterocycles. The van der Waals surface area contributed by atoms with Crippen molar-refractivity contribution in [2.75, 3.05) is 25.0 Å². The van der Waals surface area contributed by atoms with Crippen LogP contribution in [0.1, 0.15) is 81.1 Å². The molecule has 2 fully saturated rings. The number of hydrogen-bond donors (Lipinski definition) is 2. The third-order valence-corrected chi connectivity index (χ3v) is 8.48. The van der Waals surface area contributed by atoms with Crippen LogP contribution in [0.4, 0.5) is 5.00 Å². The van der Waals surface area contributed by atoms with Crippen LogP contribution in [0.3, 0.4) is 0 Å². The minimum absolute atomic E-state index is 0.0242. The lowest BCUT2D eigenvalue weighted by molar-refractivity contribution is -0.906. The van der Waals surface area contributed by atoms with Crippen molar-refractivity contribution in [3.8, 4) is 0 Å². The van der Waals surface area contributed by atoms with E-state index in [0.717, 1.165) is 31.4 Å². The lowest BCUT2D eigenvalue weighted by atomic mass is 9.65. The molecule has 4 rings (SSSR count). The Bertz CT molecular complexity index is 846. The summed E-state index contributed by atoms with van der Waals surface area (Å²) in [5.41, 5.74) is 2.41. The molecule has 4 atom stereocenters. The summed E-state index contributed by atoms with van der Waals surface area (Å²) in [6.07, 6.45) is 6.60. The minimum atomic E-state index is -0.293. The average Bonchev–Trinajstić information content (AvgIpc) is 3.07. The molecule has 2 heterocycles. The Morgan fingerprint density at radius 3 is 2.77 bits per heavy atom. The number of quaternary nitrogens is 1. The van der Waals surface area contributed by atoms with E-state index in [9.17, 15) is 9.59 Å². The first kappa shape index (κ1) is 21.8. The molecule has 1 saturated heterocycles. The molecule has 1 aliphatic heterocycles. The zero-order chi connectivity index (χ0) is 21.7. The maximum Gasteiger partial charge on any atom is 0.341 e. The van der Waals surface area contributed by atoms with Gasteiger partial charge >= 0.3 is 5.97 Å². The highest BCUT2D eigenvalue weighted by atomic mass is 32.1. The molecule has 0 radical (unpaired) electrons. The number of rotatable bonds is 5. The van der Waals surface area contributed by atoms with Crippen LogP contribution in [-0.4, -0.2) is 37.6 Å². The van der Waals surface area contributed by atoms with Crippen LogP contribution >= 0.6 is 11.3 Å². The second-order valence-electron chi connectivity index (χ2n) is 11.1. The fourth-order valence-corrected chi connectivity index (χ4v) is 8.01. The van der Waals surface area contributed by atoms with Crippen LogP contribution in [0.5, 0.6) is 0 Å². The summed E-state index contributed by atoms with van der Waals surface area (Å²) in [5, 5.41) is 3.82. The SMILES string of the molecule is CCOC(=O)c1c(NC(=O)C[NH+]2C[C@@]3(C)C[C@@H]2CC(C)(C)C3)sc2c1CC[C@@H](C)C2. The zero-order valence-corrected chi connectivity index (χ0v) is 20.0. The Morgan fingerprint density at radius 1 is 1.27 bits per heavy atom. The third-order valence-electron chi connectivity index (χ3n) is 7.31. The van der Waals surface area contributed by atoms with Crippen LogP contribution in [-0.2, 0) is 22.4 Å². The van der Waals surface area contributed by atoms with E-state index in [1.165, 1.54) is 29.0 Å². The number of hydrogen-bond acceptors (Lipinski definition) is 4. The van der Waals surface area contributed by atoms with Crippen molar-refractivity contribution in [3.05, 3.63) is 16.0 Å². The maximum absolute atomic E-state index is 13.1. The molecule has 1 aromatic rings. The molecule has 5 nitrogen and oxygen atoms in total. The molecule has 2 N–H and O–H groups in total. The van der Waals surface area contributed by atoms with Crippen LogP contribution < -0.4 is 10.2 Å². The number of thiophene rings is 1. The molecular weight excluding hydrogens is 396 g/mol. The predicted octanol–water partition coefficient (Wildman–Crippen LogP) is 3.47. The quantitative estimate of drug-likeness (QED) is 0.699. The minimum Gasteiger partial charge on any atom is -0.462 e. The topological polar surface area (TPSA) is 59.8 Å².